The molecule has 0 saturated heterocycles. The summed E-state index contributed by atoms with van der Waals surface area (Å²) >= 11 is 1.36. The molecule has 32 heavy (non-hydrogen) atoms. The lowest BCUT2D eigenvalue weighted by molar-refractivity contribution is 0.0938. The molecule has 1 amide bonds. The molecule has 0 aliphatic heterocycles. The minimum atomic E-state index is -0.0916. The monoisotopic (exact) mass is 456 g/mol. The number of ether oxygens (including phenoxy) is 2. The van der Waals surface area contributed by atoms with E-state index < -0.39 is 0 Å². The first kappa shape index (κ1) is 24.1. The molecule has 0 bridgehead atoms. The first-order valence-corrected chi connectivity index (χ1v) is 11.7. The standard InChI is InChI=1S/C24H32N4O3S/c1-6-28(7-2)18(13-17-11-9-8-10-12-17)14-25-22(29)21-16(3)20-23(31-5)26-19(15-30-4)27-24(20)32-21/h8-12,18H,6-7,13-15H2,1-5H3,(H,25,29). The molecule has 1 aromatic carbocycles. The molecule has 1 unspecified atom stereocenters. The summed E-state index contributed by atoms with van der Waals surface area (Å²) in [6.45, 7) is 8.95. The Hall–Kier alpha value is -2.55. The van der Waals surface area contributed by atoms with E-state index in [4.69, 9.17) is 9.47 Å². The second-order valence-electron chi connectivity index (χ2n) is 7.59. The van der Waals surface area contributed by atoms with E-state index in [2.05, 4.69) is 58.3 Å². The van der Waals surface area contributed by atoms with Gasteiger partial charge in [0.1, 0.15) is 11.4 Å². The van der Waals surface area contributed by atoms with Crippen LogP contribution in [0.3, 0.4) is 0 Å². The molecule has 3 rings (SSSR count). The molecule has 0 spiro atoms. The largest absolute Gasteiger partial charge is 0.480 e. The van der Waals surface area contributed by atoms with Gasteiger partial charge in [-0.2, -0.15) is 4.98 Å². The van der Waals surface area contributed by atoms with Crippen LogP contribution in [0.2, 0.25) is 0 Å². The molecule has 1 atom stereocenters. The van der Waals surface area contributed by atoms with Crippen LogP contribution in [-0.2, 0) is 17.8 Å². The number of carbonyl (C=O) groups excluding carboxylic acids is 1. The average molecular weight is 457 g/mol. The molecule has 2 aromatic heterocycles. The quantitative estimate of drug-likeness (QED) is 0.472. The van der Waals surface area contributed by atoms with Gasteiger partial charge in [-0.1, -0.05) is 44.2 Å². The Morgan fingerprint density at radius 2 is 1.88 bits per heavy atom. The highest BCUT2D eigenvalue weighted by molar-refractivity contribution is 7.20. The first-order chi connectivity index (χ1) is 15.5. The molecule has 0 radical (unpaired) electrons. The zero-order valence-electron chi connectivity index (χ0n) is 19.5. The predicted molar refractivity (Wildman–Crippen MR) is 129 cm³/mol. The lowest BCUT2D eigenvalue weighted by atomic mass is 10.0. The van der Waals surface area contributed by atoms with E-state index in [1.165, 1.54) is 16.9 Å². The Morgan fingerprint density at radius 1 is 1.16 bits per heavy atom. The SMILES string of the molecule is CCN(CC)C(CNC(=O)c1sc2nc(COC)nc(OC)c2c1C)Cc1ccccc1. The molecule has 1 N–H and O–H groups in total. The van der Waals surface area contributed by atoms with Crippen molar-refractivity contribution >= 4 is 27.5 Å². The topological polar surface area (TPSA) is 76.6 Å². The lowest BCUT2D eigenvalue weighted by Crippen LogP contribution is -2.45. The molecule has 3 aromatic rings. The third kappa shape index (κ3) is 5.43. The Labute approximate surface area is 193 Å². The number of amides is 1. The molecular formula is C24H32N4O3S. The van der Waals surface area contributed by atoms with Gasteiger partial charge in [0.05, 0.1) is 17.4 Å². The van der Waals surface area contributed by atoms with Crippen LogP contribution < -0.4 is 10.1 Å². The van der Waals surface area contributed by atoms with Gasteiger partial charge in [0.25, 0.3) is 5.91 Å². The summed E-state index contributed by atoms with van der Waals surface area (Å²) in [5.74, 6) is 0.917. The molecule has 0 aliphatic carbocycles. The molecule has 8 heteroatoms. The number of rotatable bonds is 11. The number of aromatic nitrogens is 2. The van der Waals surface area contributed by atoms with Crippen molar-refractivity contribution in [2.24, 2.45) is 0 Å². The fraction of sp³-hybridized carbons (Fsp3) is 0.458. The van der Waals surface area contributed by atoms with Crippen molar-refractivity contribution in [1.82, 2.24) is 20.2 Å². The second kappa shape index (κ2) is 11.4. The summed E-state index contributed by atoms with van der Waals surface area (Å²) in [7, 11) is 3.17. The van der Waals surface area contributed by atoms with Crippen molar-refractivity contribution in [3.05, 3.63) is 52.2 Å². The number of thiophene rings is 1. The maximum atomic E-state index is 13.2. The Bertz CT molecular complexity index is 1030. The summed E-state index contributed by atoms with van der Waals surface area (Å²) in [4.78, 5) is 25.9. The summed E-state index contributed by atoms with van der Waals surface area (Å²) in [6, 6.07) is 10.6. The minimum Gasteiger partial charge on any atom is -0.480 e. The molecule has 2 heterocycles. The molecule has 172 valence electrons. The zero-order valence-corrected chi connectivity index (χ0v) is 20.3. The van der Waals surface area contributed by atoms with Crippen LogP contribution in [0.1, 0.15) is 40.5 Å². The minimum absolute atomic E-state index is 0.0916. The van der Waals surface area contributed by atoms with E-state index in [9.17, 15) is 4.79 Å². The highest BCUT2D eigenvalue weighted by Gasteiger charge is 2.23. The molecular weight excluding hydrogens is 424 g/mol. The smallest absolute Gasteiger partial charge is 0.261 e. The Morgan fingerprint density at radius 3 is 2.50 bits per heavy atom. The Kier molecular flexibility index (Phi) is 8.55. The van der Waals surface area contributed by atoms with Gasteiger partial charge in [0.15, 0.2) is 5.82 Å². The predicted octanol–water partition coefficient (Wildman–Crippen LogP) is 3.84. The number of likely N-dealkylation sites (N-methyl/N-ethyl adjacent to an activating group) is 1. The number of hydrogen-bond acceptors (Lipinski definition) is 7. The highest BCUT2D eigenvalue weighted by atomic mass is 32.1. The number of hydrogen-bond donors (Lipinski definition) is 1. The van der Waals surface area contributed by atoms with Crippen LogP contribution in [0.15, 0.2) is 30.3 Å². The fourth-order valence-corrected chi connectivity index (χ4v) is 5.06. The van der Waals surface area contributed by atoms with Gasteiger partial charge in [-0.3, -0.25) is 9.69 Å². The average Bonchev–Trinajstić information content (AvgIpc) is 3.14. The summed E-state index contributed by atoms with van der Waals surface area (Å²) in [6.07, 6.45) is 0.883. The third-order valence-corrected chi connectivity index (χ3v) is 6.80. The molecule has 0 saturated carbocycles. The van der Waals surface area contributed by atoms with Gasteiger partial charge >= 0.3 is 0 Å². The number of benzene rings is 1. The van der Waals surface area contributed by atoms with Crippen LogP contribution >= 0.6 is 11.3 Å². The van der Waals surface area contributed by atoms with Crippen molar-refractivity contribution in [2.75, 3.05) is 33.9 Å². The van der Waals surface area contributed by atoms with Crippen molar-refractivity contribution in [3.63, 3.8) is 0 Å². The number of fused-ring (bicyclic) bond motifs is 1. The van der Waals surface area contributed by atoms with Gasteiger partial charge in [0, 0.05) is 19.7 Å². The van der Waals surface area contributed by atoms with Crippen LogP contribution in [0.25, 0.3) is 10.2 Å². The molecule has 0 fully saturated rings. The normalized spacial score (nSPS) is 12.3. The van der Waals surface area contributed by atoms with Crippen molar-refractivity contribution in [1.29, 1.82) is 0 Å². The van der Waals surface area contributed by atoms with E-state index >= 15 is 0 Å². The van der Waals surface area contributed by atoms with E-state index in [1.807, 2.05) is 13.0 Å². The van der Waals surface area contributed by atoms with Gasteiger partial charge in [-0.25, -0.2) is 4.98 Å². The molecule has 0 aliphatic rings. The first-order valence-electron chi connectivity index (χ1n) is 10.9. The van der Waals surface area contributed by atoms with E-state index in [0.29, 0.717) is 23.1 Å². The zero-order chi connectivity index (χ0) is 23.1. The summed E-state index contributed by atoms with van der Waals surface area (Å²) in [5.41, 5.74) is 2.10. The number of methoxy groups -OCH3 is 2. The summed E-state index contributed by atoms with van der Waals surface area (Å²) < 4.78 is 10.6. The van der Waals surface area contributed by atoms with Crippen molar-refractivity contribution < 1.29 is 14.3 Å². The van der Waals surface area contributed by atoms with Gasteiger partial charge < -0.3 is 14.8 Å². The number of aryl methyl sites for hydroxylation is 1. The van der Waals surface area contributed by atoms with Gasteiger partial charge in [-0.15, -0.1) is 11.3 Å². The van der Waals surface area contributed by atoms with E-state index in [0.717, 1.165) is 35.3 Å². The van der Waals surface area contributed by atoms with Crippen LogP contribution in [0.5, 0.6) is 5.88 Å². The van der Waals surface area contributed by atoms with Crippen molar-refractivity contribution in [2.45, 2.75) is 39.8 Å². The lowest BCUT2D eigenvalue weighted by Gasteiger charge is -2.30. The van der Waals surface area contributed by atoms with Gasteiger partial charge in [0.2, 0.25) is 5.88 Å². The van der Waals surface area contributed by atoms with Gasteiger partial charge in [-0.05, 0) is 37.6 Å². The van der Waals surface area contributed by atoms with Crippen molar-refractivity contribution in [3.8, 4) is 5.88 Å². The molecule has 7 nitrogen and oxygen atoms in total. The highest BCUT2D eigenvalue weighted by Crippen LogP contribution is 2.35. The number of nitrogens with one attached hydrogen (secondary N) is 1. The maximum Gasteiger partial charge on any atom is 0.261 e. The number of nitrogens with zero attached hydrogens (tertiary/aromatic N) is 3. The number of carbonyl (C=O) groups is 1. The van der Waals surface area contributed by atoms with Crippen LogP contribution in [-0.4, -0.2) is 60.7 Å². The third-order valence-electron chi connectivity index (χ3n) is 5.62. The second-order valence-corrected chi connectivity index (χ2v) is 8.59. The maximum absolute atomic E-state index is 13.2. The van der Waals surface area contributed by atoms with Crippen LogP contribution in [0, 0.1) is 6.92 Å². The van der Waals surface area contributed by atoms with E-state index in [-0.39, 0.29) is 18.6 Å². The summed E-state index contributed by atoms with van der Waals surface area (Å²) in [5, 5.41) is 3.95. The van der Waals surface area contributed by atoms with Crippen LogP contribution in [0.4, 0.5) is 0 Å². The Balaban J connectivity index is 1.82. The van der Waals surface area contributed by atoms with E-state index in [1.54, 1.807) is 14.2 Å². The fourth-order valence-electron chi connectivity index (χ4n) is 3.95.